The van der Waals surface area contributed by atoms with Crippen molar-refractivity contribution in [3.63, 3.8) is 0 Å². The van der Waals surface area contributed by atoms with E-state index in [4.69, 9.17) is 4.74 Å². The average molecular weight is 285 g/mol. The first-order valence-electron chi connectivity index (χ1n) is 8.53. The zero-order valence-corrected chi connectivity index (χ0v) is 14.0. The summed E-state index contributed by atoms with van der Waals surface area (Å²) < 4.78 is 5.24. The normalized spacial score (nSPS) is 28.8. The maximum absolute atomic E-state index is 10.3. The van der Waals surface area contributed by atoms with Crippen molar-refractivity contribution in [1.82, 2.24) is 4.90 Å². The van der Waals surface area contributed by atoms with Crippen LogP contribution in [0.15, 0.2) is 0 Å². The molecule has 1 rings (SSSR count). The Morgan fingerprint density at radius 1 is 1.30 bits per heavy atom. The van der Waals surface area contributed by atoms with E-state index in [1.54, 1.807) is 7.11 Å². The molecule has 0 spiro atoms. The van der Waals surface area contributed by atoms with Crippen LogP contribution in [-0.4, -0.2) is 49.0 Å². The summed E-state index contributed by atoms with van der Waals surface area (Å²) in [4.78, 5) is 2.51. The molecule has 0 aromatic heterocycles. The molecule has 1 fully saturated rings. The van der Waals surface area contributed by atoms with Gasteiger partial charge in [-0.05, 0) is 44.4 Å². The van der Waals surface area contributed by atoms with Gasteiger partial charge in [-0.1, -0.05) is 26.7 Å². The van der Waals surface area contributed by atoms with E-state index < -0.39 is 0 Å². The van der Waals surface area contributed by atoms with Gasteiger partial charge in [-0.2, -0.15) is 0 Å². The molecule has 0 aromatic carbocycles. The first-order valence-corrected chi connectivity index (χ1v) is 8.53. The Morgan fingerprint density at radius 3 is 2.65 bits per heavy atom. The summed E-state index contributed by atoms with van der Waals surface area (Å²) in [5.41, 5.74) is 0. The second-order valence-corrected chi connectivity index (χ2v) is 6.54. The van der Waals surface area contributed by atoms with Crippen molar-refractivity contribution in [2.75, 3.05) is 26.8 Å². The minimum absolute atomic E-state index is 0.0998. The molecule has 3 heteroatoms. The van der Waals surface area contributed by atoms with E-state index in [2.05, 4.69) is 25.7 Å². The van der Waals surface area contributed by atoms with Gasteiger partial charge >= 0.3 is 0 Å². The minimum atomic E-state index is -0.0998. The Labute approximate surface area is 125 Å². The van der Waals surface area contributed by atoms with Crippen LogP contribution < -0.4 is 0 Å². The summed E-state index contributed by atoms with van der Waals surface area (Å²) in [6.07, 6.45) is 7.06. The Bertz CT molecular complexity index is 247. The SMILES string of the molecule is CCCC1CCC(O)C(CN(CCOC)C(C)CC)C1. The van der Waals surface area contributed by atoms with E-state index in [0.29, 0.717) is 12.0 Å². The van der Waals surface area contributed by atoms with Crippen LogP contribution in [-0.2, 0) is 4.74 Å². The third kappa shape index (κ3) is 5.71. The molecule has 0 bridgehead atoms. The molecule has 3 nitrogen and oxygen atoms in total. The van der Waals surface area contributed by atoms with Gasteiger partial charge in [0, 0.05) is 26.2 Å². The van der Waals surface area contributed by atoms with Crippen LogP contribution in [0, 0.1) is 11.8 Å². The molecule has 4 unspecified atom stereocenters. The maximum Gasteiger partial charge on any atom is 0.0589 e. The largest absolute Gasteiger partial charge is 0.393 e. The lowest BCUT2D eigenvalue weighted by Crippen LogP contribution is -2.43. The second kappa shape index (κ2) is 9.75. The minimum Gasteiger partial charge on any atom is -0.393 e. The van der Waals surface area contributed by atoms with Crippen LogP contribution in [0.5, 0.6) is 0 Å². The molecular formula is C17H35NO2. The third-order valence-corrected chi connectivity index (χ3v) is 5.01. The summed E-state index contributed by atoms with van der Waals surface area (Å²) in [6.45, 7) is 9.58. The standard InChI is InChI=1S/C17H35NO2/c1-5-7-15-8-9-17(19)16(12-15)13-18(10-11-20-4)14(3)6-2/h14-17,19H,5-13H2,1-4H3. The first kappa shape index (κ1) is 17.9. The van der Waals surface area contributed by atoms with Crippen molar-refractivity contribution in [2.45, 2.75) is 71.4 Å². The van der Waals surface area contributed by atoms with Crippen molar-refractivity contribution >= 4 is 0 Å². The fourth-order valence-electron chi connectivity index (χ4n) is 3.47. The lowest BCUT2D eigenvalue weighted by molar-refractivity contribution is 0.0125. The molecule has 1 aliphatic rings. The number of hydrogen-bond donors (Lipinski definition) is 1. The van der Waals surface area contributed by atoms with Crippen molar-refractivity contribution in [3.8, 4) is 0 Å². The molecule has 1 saturated carbocycles. The van der Waals surface area contributed by atoms with Gasteiger partial charge < -0.3 is 9.84 Å². The van der Waals surface area contributed by atoms with Gasteiger partial charge in [0.25, 0.3) is 0 Å². The van der Waals surface area contributed by atoms with E-state index in [0.717, 1.165) is 38.5 Å². The predicted octanol–water partition coefficient (Wildman–Crippen LogP) is 3.31. The summed E-state index contributed by atoms with van der Waals surface area (Å²) in [6, 6.07) is 0.573. The highest BCUT2D eigenvalue weighted by Crippen LogP contribution is 2.33. The molecule has 0 aromatic rings. The van der Waals surface area contributed by atoms with E-state index in [-0.39, 0.29) is 6.10 Å². The maximum atomic E-state index is 10.3. The average Bonchev–Trinajstić information content (AvgIpc) is 2.46. The summed E-state index contributed by atoms with van der Waals surface area (Å²) >= 11 is 0. The molecule has 0 aliphatic heterocycles. The van der Waals surface area contributed by atoms with Gasteiger partial charge in [-0.15, -0.1) is 0 Å². The van der Waals surface area contributed by atoms with E-state index >= 15 is 0 Å². The molecule has 4 atom stereocenters. The van der Waals surface area contributed by atoms with Gasteiger partial charge in [0.15, 0.2) is 0 Å². The molecule has 0 heterocycles. The number of aliphatic hydroxyl groups excluding tert-OH is 1. The monoisotopic (exact) mass is 285 g/mol. The summed E-state index contributed by atoms with van der Waals surface area (Å²) in [7, 11) is 1.77. The van der Waals surface area contributed by atoms with Crippen molar-refractivity contribution < 1.29 is 9.84 Å². The Balaban J connectivity index is 2.54. The Morgan fingerprint density at radius 2 is 2.05 bits per heavy atom. The van der Waals surface area contributed by atoms with Crippen LogP contribution in [0.25, 0.3) is 0 Å². The zero-order valence-electron chi connectivity index (χ0n) is 14.0. The van der Waals surface area contributed by atoms with Gasteiger partial charge in [0.2, 0.25) is 0 Å². The van der Waals surface area contributed by atoms with Crippen LogP contribution in [0.3, 0.4) is 0 Å². The van der Waals surface area contributed by atoms with E-state index in [9.17, 15) is 5.11 Å². The molecule has 20 heavy (non-hydrogen) atoms. The molecular weight excluding hydrogens is 250 g/mol. The molecule has 120 valence electrons. The quantitative estimate of drug-likeness (QED) is 0.705. The van der Waals surface area contributed by atoms with E-state index in [1.165, 1.54) is 25.7 Å². The number of ether oxygens (including phenoxy) is 1. The predicted molar refractivity (Wildman–Crippen MR) is 84.9 cm³/mol. The molecule has 0 amide bonds. The number of aliphatic hydroxyl groups is 1. The molecule has 0 saturated heterocycles. The van der Waals surface area contributed by atoms with Crippen molar-refractivity contribution in [1.29, 1.82) is 0 Å². The highest BCUT2D eigenvalue weighted by atomic mass is 16.5. The van der Waals surface area contributed by atoms with Gasteiger partial charge in [-0.3, -0.25) is 4.90 Å². The molecule has 0 radical (unpaired) electrons. The number of rotatable bonds is 9. The first-order chi connectivity index (χ1) is 9.62. The highest BCUT2D eigenvalue weighted by Gasteiger charge is 2.30. The fraction of sp³-hybridized carbons (Fsp3) is 1.00. The van der Waals surface area contributed by atoms with Crippen molar-refractivity contribution in [2.24, 2.45) is 11.8 Å². The molecule has 1 aliphatic carbocycles. The summed E-state index contributed by atoms with van der Waals surface area (Å²) in [5, 5.41) is 10.3. The third-order valence-electron chi connectivity index (χ3n) is 5.01. The Kier molecular flexibility index (Phi) is 8.74. The lowest BCUT2D eigenvalue weighted by Gasteiger charge is -2.38. The van der Waals surface area contributed by atoms with Crippen LogP contribution in [0.4, 0.5) is 0 Å². The van der Waals surface area contributed by atoms with Gasteiger partial charge in [0.05, 0.1) is 12.7 Å². The molecule has 1 N–H and O–H groups in total. The zero-order chi connectivity index (χ0) is 15.0. The number of nitrogens with zero attached hydrogens (tertiary/aromatic N) is 1. The lowest BCUT2D eigenvalue weighted by atomic mass is 9.77. The van der Waals surface area contributed by atoms with Crippen molar-refractivity contribution in [3.05, 3.63) is 0 Å². The van der Waals surface area contributed by atoms with E-state index in [1.807, 2.05) is 0 Å². The highest BCUT2D eigenvalue weighted by molar-refractivity contribution is 4.83. The second-order valence-electron chi connectivity index (χ2n) is 6.54. The van der Waals surface area contributed by atoms with Crippen LogP contribution in [0.1, 0.15) is 59.3 Å². The number of hydrogen-bond acceptors (Lipinski definition) is 3. The van der Waals surface area contributed by atoms with Gasteiger partial charge in [-0.25, -0.2) is 0 Å². The number of methoxy groups -OCH3 is 1. The topological polar surface area (TPSA) is 32.7 Å². The van der Waals surface area contributed by atoms with Crippen LogP contribution in [0.2, 0.25) is 0 Å². The smallest absolute Gasteiger partial charge is 0.0589 e. The Hall–Kier alpha value is -0.120. The van der Waals surface area contributed by atoms with Gasteiger partial charge in [0.1, 0.15) is 0 Å². The summed E-state index contributed by atoms with van der Waals surface area (Å²) in [5.74, 6) is 1.28. The fourth-order valence-corrected chi connectivity index (χ4v) is 3.47. The van der Waals surface area contributed by atoms with Crippen LogP contribution >= 0.6 is 0 Å².